The van der Waals surface area contributed by atoms with Crippen LogP contribution in [0.2, 0.25) is 0 Å². The van der Waals surface area contributed by atoms with E-state index in [4.69, 9.17) is 4.74 Å². The maximum absolute atomic E-state index is 10.5. The number of ether oxygens (including phenoxy) is 1. The Morgan fingerprint density at radius 2 is 2.00 bits per heavy atom. The maximum atomic E-state index is 10.5. The smallest absolute Gasteiger partial charge is 0.235 e. The molecule has 0 aliphatic carbocycles. The minimum absolute atomic E-state index is 0.0831. The highest BCUT2D eigenvalue weighted by molar-refractivity contribution is 5.90. The molecule has 0 aliphatic heterocycles. The molecule has 1 aromatic rings. The molecule has 0 spiro atoms. The first kappa shape index (κ1) is 18.0. The molecule has 0 saturated carbocycles. The molecule has 0 aromatic carbocycles. The minimum atomic E-state index is 0.0831. The van der Waals surface area contributed by atoms with E-state index in [9.17, 15) is 4.79 Å². The van der Waals surface area contributed by atoms with Crippen molar-refractivity contribution in [3.63, 3.8) is 0 Å². The lowest BCUT2D eigenvalue weighted by Gasteiger charge is -2.07. The monoisotopic (exact) mass is 276 g/mol. The minimum Gasteiger partial charge on any atom is -0.480 e. The Bertz CT molecular complexity index is 440. The first-order valence-electron chi connectivity index (χ1n) is 6.71. The van der Waals surface area contributed by atoms with E-state index in [-0.39, 0.29) is 5.78 Å². The molecule has 20 heavy (non-hydrogen) atoms. The van der Waals surface area contributed by atoms with Crippen molar-refractivity contribution in [1.29, 1.82) is 0 Å². The van der Waals surface area contributed by atoms with Crippen LogP contribution in [-0.4, -0.2) is 22.9 Å². The van der Waals surface area contributed by atoms with Crippen molar-refractivity contribution in [2.24, 2.45) is 0 Å². The van der Waals surface area contributed by atoms with Gasteiger partial charge < -0.3 is 4.74 Å². The molecular formula is C16H24N2O2. The number of carbonyl (C=O) groups is 1. The summed E-state index contributed by atoms with van der Waals surface area (Å²) in [4.78, 5) is 18.7. The largest absolute Gasteiger partial charge is 0.480 e. The van der Waals surface area contributed by atoms with Gasteiger partial charge in [-0.05, 0) is 12.5 Å². The summed E-state index contributed by atoms with van der Waals surface area (Å²) in [5.41, 5.74) is 0.912. The van der Waals surface area contributed by atoms with Gasteiger partial charge in [0.2, 0.25) is 5.88 Å². The van der Waals surface area contributed by atoms with Crippen LogP contribution in [0.15, 0.2) is 37.2 Å². The highest BCUT2D eigenvalue weighted by Gasteiger charge is 2.07. The molecule has 4 nitrogen and oxygen atoms in total. The van der Waals surface area contributed by atoms with E-state index < -0.39 is 0 Å². The third kappa shape index (κ3) is 7.46. The van der Waals surface area contributed by atoms with Crippen molar-refractivity contribution in [2.45, 2.75) is 39.5 Å². The molecule has 0 N–H and O–H groups in total. The number of hydrogen-bond donors (Lipinski definition) is 0. The molecule has 0 fully saturated rings. The van der Waals surface area contributed by atoms with E-state index in [1.807, 2.05) is 19.1 Å². The van der Waals surface area contributed by atoms with Gasteiger partial charge in [-0.2, -0.15) is 0 Å². The van der Waals surface area contributed by atoms with E-state index >= 15 is 0 Å². The standard InChI is InChI=1S/C8H12N2O.C8H12O/c1-6(2)7-8(11-3)10-5-4-9-7;1-3-5-6-7-8(9)4-2/h4-6H,1-3H3;4-6H,2-3,7H2,1H3. The maximum Gasteiger partial charge on any atom is 0.235 e. The Kier molecular flexibility index (Phi) is 9.83. The normalized spacial score (nSPS) is 10.1. The zero-order chi connectivity index (χ0) is 15.4. The molecule has 0 atom stereocenters. The van der Waals surface area contributed by atoms with Crippen molar-refractivity contribution < 1.29 is 9.53 Å². The van der Waals surface area contributed by atoms with Crippen molar-refractivity contribution in [3.8, 4) is 5.88 Å². The number of nitrogens with zero attached hydrogens (tertiary/aromatic N) is 2. The summed E-state index contributed by atoms with van der Waals surface area (Å²) in [6, 6.07) is 0. The van der Waals surface area contributed by atoms with Gasteiger partial charge in [-0.1, -0.05) is 39.5 Å². The summed E-state index contributed by atoms with van der Waals surface area (Å²) < 4.78 is 5.03. The quantitative estimate of drug-likeness (QED) is 0.587. The van der Waals surface area contributed by atoms with Gasteiger partial charge >= 0.3 is 0 Å². The second kappa shape index (κ2) is 10.9. The summed E-state index contributed by atoms with van der Waals surface area (Å²) in [6.45, 7) is 9.52. The molecule has 0 aliphatic rings. The third-order valence-electron chi connectivity index (χ3n) is 2.38. The van der Waals surface area contributed by atoms with Gasteiger partial charge in [-0.3, -0.25) is 9.78 Å². The van der Waals surface area contributed by atoms with Crippen LogP contribution in [0.4, 0.5) is 0 Å². The second-order valence-corrected chi connectivity index (χ2v) is 4.36. The van der Waals surface area contributed by atoms with Crippen molar-refractivity contribution in [2.75, 3.05) is 7.11 Å². The van der Waals surface area contributed by atoms with Crippen LogP contribution in [0.3, 0.4) is 0 Å². The average Bonchev–Trinajstić information content (AvgIpc) is 2.47. The Labute approximate surface area is 121 Å². The predicted molar refractivity (Wildman–Crippen MR) is 81.9 cm³/mol. The summed E-state index contributed by atoms with van der Waals surface area (Å²) in [5.74, 6) is 1.07. The van der Waals surface area contributed by atoms with Gasteiger partial charge in [-0.25, -0.2) is 4.98 Å². The van der Waals surface area contributed by atoms with Gasteiger partial charge in [0.15, 0.2) is 5.78 Å². The van der Waals surface area contributed by atoms with E-state index in [0.29, 0.717) is 18.2 Å². The molecule has 0 saturated heterocycles. The van der Waals surface area contributed by atoms with Crippen molar-refractivity contribution >= 4 is 5.78 Å². The van der Waals surface area contributed by atoms with Crippen molar-refractivity contribution in [3.05, 3.63) is 42.9 Å². The van der Waals surface area contributed by atoms with E-state index in [1.54, 1.807) is 19.5 Å². The Hall–Kier alpha value is -1.97. The van der Waals surface area contributed by atoms with E-state index in [2.05, 4.69) is 30.4 Å². The second-order valence-electron chi connectivity index (χ2n) is 4.36. The van der Waals surface area contributed by atoms with Gasteiger partial charge in [0, 0.05) is 24.7 Å². The Morgan fingerprint density at radius 1 is 1.35 bits per heavy atom. The van der Waals surface area contributed by atoms with Crippen LogP contribution in [-0.2, 0) is 4.79 Å². The molecular weight excluding hydrogens is 252 g/mol. The van der Waals surface area contributed by atoms with Gasteiger partial charge in [-0.15, -0.1) is 0 Å². The molecule has 0 bridgehead atoms. The molecule has 4 heteroatoms. The lowest BCUT2D eigenvalue weighted by atomic mass is 10.1. The van der Waals surface area contributed by atoms with Crippen LogP contribution in [0.1, 0.15) is 45.2 Å². The molecule has 0 radical (unpaired) electrons. The highest BCUT2D eigenvalue weighted by Crippen LogP contribution is 2.19. The number of rotatable bonds is 6. The molecule has 0 unspecified atom stereocenters. The zero-order valence-electron chi connectivity index (χ0n) is 12.8. The summed E-state index contributed by atoms with van der Waals surface area (Å²) in [7, 11) is 1.61. The van der Waals surface area contributed by atoms with Gasteiger partial charge in [0.1, 0.15) is 5.69 Å². The third-order valence-corrected chi connectivity index (χ3v) is 2.38. The number of methoxy groups -OCH3 is 1. The fourth-order valence-electron chi connectivity index (χ4n) is 1.34. The Morgan fingerprint density at radius 3 is 2.45 bits per heavy atom. The number of carbonyl (C=O) groups excluding carboxylic acids is 1. The fraction of sp³-hybridized carbons (Fsp3) is 0.438. The van der Waals surface area contributed by atoms with E-state index in [1.165, 1.54) is 6.08 Å². The molecule has 0 amide bonds. The van der Waals surface area contributed by atoms with Crippen LogP contribution in [0.25, 0.3) is 0 Å². The average molecular weight is 276 g/mol. The summed E-state index contributed by atoms with van der Waals surface area (Å²) in [6.07, 6.45) is 9.98. The van der Waals surface area contributed by atoms with E-state index in [0.717, 1.165) is 12.1 Å². The lowest BCUT2D eigenvalue weighted by molar-refractivity contribution is -0.113. The molecule has 1 rings (SSSR count). The topological polar surface area (TPSA) is 52.1 Å². The van der Waals surface area contributed by atoms with Gasteiger partial charge in [0.25, 0.3) is 0 Å². The predicted octanol–water partition coefficient (Wildman–Crippen LogP) is 3.71. The van der Waals surface area contributed by atoms with Crippen molar-refractivity contribution in [1.82, 2.24) is 9.97 Å². The lowest BCUT2D eigenvalue weighted by Crippen LogP contribution is -1.99. The highest BCUT2D eigenvalue weighted by atomic mass is 16.5. The summed E-state index contributed by atoms with van der Waals surface area (Å²) >= 11 is 0. The zero-order valence-corrected chi connectivity index (χ0v) is 12.8. The van der Waals surface area contributed by atoms with Crippen LogP contribution in [0.5, 0.6) is 5.88 Å². The SMILES string of the molecule is C=CC(=O)CC=CCC.COc1nccnc1C(C)C. The fourth-order valence-corrected chi connectivity index (χ4v) is 1.34. The van der Waals surface area contributed by atoms with Crippen LogP contribution < -0.4 is 4.74 Å². The number of allylic oxidation sites excluding steroid dienone is 3. The number of aromatic nitrogens is 2. The summed E-state index contributed by atoms with van der Waals surface area (Å²) in [5, 5.41) is 0. The number of ketones is 1. The molecule has 1 heterocycles. The Balaban J connectivity index is 0.000000370. The first-order valence-corrected chi connectivity index (χ1v) is 6.71. The van der Waals surface area contributed by atoms with Crippen LogP contribution in [0, 0.1) is 0 Å². The molecule has 110 valence electrons. The first-order chi connectivity index (χ1) is 9.56. The van der Waals surface area contributed by atoms with Crippen LogP contribution >= 0.6 is 0 Å². The van der Waals surface area contributed by atoms with Gasteiger partial charge in [0.05, 0.1) is 7.11 Å². The number of hydrogen-bond acceptors (Lipinski definition) is 4. The molecule has 1 aromatic heterocycles.